The first-order valence-electron chi connectivity index (χ1n) is 19.8. The Morgan fingerprint density at radius 1 is 0.603 bits per heavy atom. The Labute approximate surface area is 333 Å². The lowest BCUT2D eigenvalue weighted by Crippen LogP contribution is -2.53. The molecule has 7 N–H and O–H groups in total. The van der Waals surface area contributed by atoms with Crippen molar-refractivity contribution in [3.63, 3.8) is 0 Å². The van der Waals surface area contributed by atoms with E-state index in [0.717, 1.165) is 0 Å². The van der Waals surface area contributed by atoms with Crippen LogP contribution in [0, 0.1) is 6.92 Å². The van der Waals surface area contributed by atoms with E-state index in [2.05, 4.69) is 0 Å². The van der Waals surface area contributed by atoms with E-state index in [0.29, 0.717) is 24.8 Å². The molecule has 16 heteroatoms. The van der Waals surface area contributed by atoms with Gasteiger partial charge in [-0.3, -0.25) is 9.59 Å². The van der Waals surface area contributed by atoms with Gasteiger partial charge in [0.1, 0.15) is 35.6 Å². The van der Waals surface area contributed by atoms with E-state index >= 15 is 0 Å². The van der Waals surface area contributed by atoms with Gasteiger partial charge in [0, 0.05) is 53.1 Å². The molecule has 8 rings (SSSR count). The largest absolute Gasteiger partial charge is 0.507 e. The molecular weight excluding hydrogens is 760 g/mol. The third-order valence-electron chi connectivity index (χ3n) is 12.1. The highest BCUT2D eigenvalue weighted by atomic mass is 16.8. The normalized spacial score (nSPS) is 36.8. The number of phenolic OH excluding ortho intramolecular Hbond substituents is 3. The average molecular weight is 811 g/mol. The maximum atomic E-state index is 14.0. The predicted molar refractivity (Wildman–Crippen MR) is 200 cm³/mol. The summed E-state index contributed by atoms with van der Waals surface area (Å²) in [6, 6.07) is 7.26. The Bertz CT molecular complexity index is 2070. The highest BCUT2D eigenvalue weighted by molar-refractivity contribution is 6.32. The van der Waals surface area contributed by atoms with E-state index in [1.807, 2.05) is 0 Å². The van der Waals surface area contributed by atoms with E-state index in [4.69, 9.17) is 33.2 Å². The summed E-state index contributed by atoms with van der Waals surface area (Å²) < 4.78 is 41.9. The van der Waals surface area contributed by atoms with Gasteiger partial charge in [-0.1, -0.05) is 6.07 Å². The molecule has 3 aromatic carbocycles. The van der Waals surface area contributed by atoms with Crippen molar-refractivity contribution in [2.75, 3.05) is 0 Å². The van der Waals surface area contributed by atoms with E-state index in [-0.39, 0.29) is 63.6 Å². The lowest BCUT2D eigenvalue weighted by atomic mass is 9.79. The molecule has 3 aromatic rings. The summed E-state index contributed by atoms with van der Waals surface area (Å²) >= 11 is 0. The molecule has 0 radical (unpaired) electrons. The summed E-state index contributed by atoms with van der Waals surface area (Å²) in [5, 5.41) is 76.6. The molecule has 4 heterocycles. The minimum atomic E-state index is -1.43. The van der Waals surface area contributed by atoms with Gasteiger partial charge in [-0.2, -0.15) is 0 Å². The minimum Gasteiger partial charge on any atom is -0.507 e. The van der Waals surface area contributed by atoms with Crippen LogP contribution < -0.4 is 0 Å². The Kier molecular flexibility index (Phi) is 11.3. The molecule has 314 valence electrons. The zero-order chi connectivity index (χ0) is 41.3. The molecule has 14 atom stereocenters. The van der Waals surface area contributed by atoms with Crippen LogP contribution >= 0.6 is 0 Å². The first-order chi connectivity index (χ1) is 27.6. The zero-order valence-electron chi connectivity index (χ0n) is 32.5. The number of phenols is 3. The maximum absolute atomic E-state index is 14.0. The van der Waals surface area contributed by atoms with Gasteiger partial charge >= 0.3 is 0 Å². The summed E-state index contributed by atoms with van der Waals surface area (Å²) in [4.78, 5) is 27.7. The topological polar surface area (TPSA) is 240 Å². The molecule has 0 amide bonds. The first-order valence-corrected chi connectivity index (χ1v) is 19.8. The highest BCUT2D eigenvalue weighted by Crippen LogP contribution is 2.46. The summed E-state index contributed by atoms with van der Waals surface area (Å²) in [5.41, 5.74) is 0.0488. The third-order valence-corrected chi connectivity index (χ3v) is 12.1. The first kappa shape index (κ1) is 41.0. The molecule has 4 aliphatic heterocycles. The van der Waals surface area contributed by atoms with Crippen LogP contribution in [0.4, 0.5) is 0 Å². The minimum absolute atomic E-state index is 0.00503. The van der Waals surface area contributed by atoms with Crippen LogP contribution in [0.3, 0.4) is 0 Å². The quantitative estimate of drug-likeness (QED) is 0.142. The van der Waals surface area contributed by atoms with Crippen LogP contribution in [0.5, 0.6) is 17.2 Å². The molecule has 4 fully saturated rings. The average Bonchev–Trinajstić information content (AvgIpc) is 3.17. The lowest BCUT2D eigenvalue weighted by Gasteiger charge is -2.43. The van der Waals surface area contributed by atoms with Gasteiger partial charge in [0.15, 0.2) is 36.7 Å². The Morgan fingerprint density at radius 3 is 1.91 bits per heavy atom. The fourth-order valence-corrected chi connectivity index (χ4v) is 8.80. The Hall–Kier alpha value is -3.78. The standard InChI is InChI=1S/C42H50O16/c1-16-11-23-22(26(44)12-16)13-24-35(40(23)49)39(48)21-6-5-20(38(47)34(21)41(24)50)28-14-29(36(45)18(3)52-28)56-32-10-8-27(42(51)58-32)55-33-15-30(37(46)19(4)54-33)57-31-9-7-25(43)17(2)53-31/h5-6,11-13,17-19,25,27-33,36-37,42-47,49,51H,7-10,14-15H2,1-4H3. The van der Waals surface area contributed by atoms with Crippen molar-refractivity contribution in [3.05, 3.63) is 63.7 Å². The smallest absolute Gasteiger partial charge is 0.198 e. The number of aryl methyl sites for hydroxylation is 1. The van der Waals surface area contributed by atoms with Gasteiger partial charge in [-0.05, 0) is 70.4 Å². The molecule has 0 spiro atoms. The molecular formula is C42H50O16. The second-order valence-electron chi connectivity index (χ2n) is 16.1. The van der Waals surface area contributed by atoms with E-state index in [9.17, 15) is 45.3 Å². The number of ketones is 2. The van der Waals surface area contributed by atoms with E-state index in [1.54, 1.807) is 33.8 Å². The van der Waals surface area contributed by atoms with Gasteiger partial charge in [0.25, 0.3) is 0 Å². The number of ether oxygens (including phenoxy) is 7. The van der Waals surface area contributed by atoms with Crippen molar-refractivity contribution in [2.45, 2.75) is 152 Å². The molecule has 0 bridgehead atoms. The number of rotatable bonds is 7. The molecule has 14 unspecified atom stereocenters. The van der Waals surface area contributed by atoms with Crippen molar-refractivity contribution >= 4 is 22.3 Å². The summed E-state index contributed by atoms with van der Waals surface area (Å²) in [7, 11) is 0. The molecule has 1 aliphatic carbocycles. The van der Waals surface area contributed by atoms with Crippen molar-refractivity contribution in [3.8, 4) is 17.2 Å². The van der Waals surface area contributed by atoms with Crippen LogP contribution in [-0.2, 0) is 33.2 Å². The van der Waals surface area contributed by atoms with E-state index < -0.39 is 109 Å². The van der Waals surface area contributed by atoms with Gasteiger partial charge in [0.2, 0.25) is 0 Å². The van der Waals surface area contributed by atoms with Crippen LogP contribution in [0.25, 0.3) is 10.8 Å². The Balaban J connectivity index is 0.927. The molecule has 16 nitrogen and oxygen atoms in total. The third kappa shape index (κ3) is 7.49. The molecule has 5 aliphatic rings. The van der Waals surface area contributed by atoms with Gasteiger partial charge in [0.05, 0.1) is 53.9 Å². The van der Waals surface area contributed by atoms with Crippen molar-refractivity contribution in [1.82, 2.24) is 0 Å². The van der Waals surface area contributed by atoms with Gasteiger partial charge < -0.3 is 68.9 Å². The second kappa shape index (κ2) is 16.0. The zero-order valence-corrected chi connectivity index (χ0v) is 32.5. The molecule has 58 heavy (non-hydrogen) atoms. The van der Waals surface area contributed by atoms with Gasteiger partial charge in [-0.15, -0.1) is 0 Å². The number of carbonyl (C=O) groups is 2. The number of aliphatic hydroxyl groups excluding tert-OH is 4. The highest BCUT2D eigenvalue weighted by Gasteiger charge is 2.45. The van der Waals surface area contributed by atoms with Crippen molar-refractivity contribution in [2.24, 2.45) is 0 Å². The number of aliphatic hydroxyl groups is 4. The predicted octanol–water partition coefficient (Wildman–Crippen LogP) is 3.24. The summed E-state index contributed by atoms with van der Waals surface area (Å²) in [6.07, 6.45) is -9.97. The SMILES string of the molecule is Cc1cc(O)c2cc3c(c(O)c2c1)C(=O)c1ccc(C2CC(OC4CCC(OC5CC(OC6CCC(O)C(C)O6)C(O)C(C)O5)C(O)O4)C(O)C(C)O2)c(O)c1C3=O. The molecule has 0 saturated carbocycles. The van der Waals surface area contributed by atoms with E-state index in [1.165, 1.54) is 24.3 Å². The molecule has 4 saturated heterocycles. The monoisotopic (exact) mass is 810 g/mol. The number of hydrogen-bond donors (Lipinski definition) is 7. The maximum Gasteiger partial charge on any atom is 0.198 e. The van der Waals surface area contributed by atoms with Crippen LogP contribution in [0.1, 0.15) is 108 Å². The second-order valence-corrected chi connectivity index (χ2v) is 16.1. The van der Waals surface area contributed by atoms with Crippen LogP contribution in [-0.4, -0.2) is 127 Å². The fraction of sp³-hybridized carbons (Fsp3) is 0.571. The summed E-state index contributed by atoms with van der Waals surface area (Å²) in [6.45, 7) is 6.79. The Morgan fingerprint density at radius 2 is 1.21 bits per heavy atom. The van der Waals surface area contributed by atoms with Gasteiger partial charge in [-0.25, -0.2) is 0 Å². The van der Waals surface area contributed by atoms with Crippen molar-refractivity contribution in [1.29, 1.82) is 0 Å². The number of hydrogen-bond acceptors (Lipinski definition) is 16. The fourth-order valence-electron chi connectivity index (χ4n) is 8.80. The lowest BCUT2D eigenvalue weighted by molar-refractivity contribution is -0.348. The van der Waals surface area contributed by atoms with Crippen molar-refractivity contribution < 1.29 is 78.5 Å². The molecule has 0 aromatic heterocycles. The number of carbonyl (C=O) groups excluding carboxylic acids is 2. The number of fused-ring (bicyclic) bond motifs is 3. The number of benzene rings is 3. The van der Waals surface area contributed by atoms with Crippen LogP contribution in [0.15, 0.2) is 30.3 Å². The van der Waals surface area contributed by atoms with Crippen LogP contribution in [0.2, 0.25) is 0 Å². The number of aromatic hydroxyl groups is 3. The summed E-state index contributed by atoms with van der Waals surface area (Å²) in [5.74, 6) is -2.51.